The molecule has 1 aromatic heterocycles. The summed E-state index contributed by atoms with van der Waals surface area (Å²) in [7, 11) is 0. The summed E-state index contributed by atoms with van der Waals surface area (Å²) >= 11 is 0. The molecule has 1 aromatic carbocycles. The summed E-state index contributed by atoms with van der Waals surface area (Å²) in [6.07, 6.45) is 5.02. The highest BCUT2D eigenvalue weighted by molar-refractivity contribution is 5.98. The number of fused-ring (bicyclic) bond motifs is 3. The minimum Gasteiger partial charge on any atom is -0.339 e. The Labute approximate surface area is 167 Å². The second-order valence-electron chi connectivity index (χ2n) is 8.66. The lowest BCUT2D eigenvalue weighted by atomic mass is 9.94. The Morgan fingerprint density at radius 1 is 1.10 bits per heavy atom. The summed E-state index contributed by atoms with van der Waals surface area (Å²) in [4.78, 5) is 43.7. The number of likely N-dealkylation sites (tertiary alicyclic amines) is 2. The molecular formula is C22H24FN3O3. The molecule has 3 unspecified atom stereocenters. The number of rotatable bonds is 2. The van der Waals surface area contributed by atoms with Gasteiger partial charge in [-0.1, -0.05) is 0 Å². The summed E-state index contributed by atoms with van der Waals surface area (Å²) in [6.45, 7) is 1.82. The van der Waals surface area contributed by atoms with Crippen molar-refractivity contribution >= 4 is 22.7 Å². The predicted molar refractivity (Wildman–Crippen MR) is 106 cm³/mol. The number of pyridine rings is 1. The number of nitrogens with one attached hydrogen (secondary N) is 1. The summed E-state index contributed by atoms with van der Waals surface area (Å²) in [5, 5.41) is 0.477. The lowest BCUT2D eigenvalue weighted by Gasteiger charge is -2.36. The Morgan fingerprint density at radius 3 is 2.72 bits per heavy atom. The van der Waals surface area contributed by atoms with Crippen LogP contribution in [0.2, 0.25) is 0 Å². The van der Waals surface area contributed by atoms with Crippen molar-refractivity contribution in [2.24, 2.45) is 11.8 Å². The molecule has 1 saturated carbocycles. The molecule has 0 spiro atoms. The average molecular weight is 397 g/mol. The van der Waals surface area contributed by atoms with Crippen LogP contribution in [0.4, 0.5) is 4.39 Å². The Bertz CT molecular complexity index is 1050. The quantitative estimate of drug-likeness (QED) is 0.846. The van der Waals surface area contributed by atoms with Crippen LogP contribution in [0.5, 0.6) is 0 Å². The van der Waals surface area contributed by atoms with Crippen molar-refractivity contribution in [1.82, 2.24) is 14.8 Å². The van der Waals surface area contributed by atoms with Gasteiger partial charge in [-0.05, 0) is 56.2 Å². The second kappa shape index (κ2) is 6.97. The van der Waals surface area contributed by atoms with Gasteiger partial charge in [0, 0.05) is 42.7 Å². The molecule has 152 valence electrons. The number of aromatic nitrogens is 1. The van der Waals surface area contributed by atoms with Crippen LogP contribution in [0.25, 0.3) is 10.9 Å². The number of nitrogens with zero attached hydrogens (tertiary/aromatic N) is 2. The molecule has 29 heavy (non-hydrogen) atoms. The monoisotopic (exact) mass is 397 g/mol. The van der Waals surface area contributed by atoms with E-state index in [1.54, 1.807) is 11.0 Å². The van der Waals surface area contributed by atoms with Crippen LogP contribution in [-0.4, -0.2) is 52.3 Å². The first-order valence-corrected chi connectivity index (χ1v) is 10.4. The summed E-state index contributed by atoms with van der Waals surface area (Å²) < 4.78 is 14.4. The van der Waals surface area contributed by atoms with Gasteiger partial charge in [0.1, 0.15) is 5.82 Å². The highest BCUT2D eigenvalue weighted by Crippen LogP contribution is 2.38. The molecule has 2 amide bonds. The molecule has 2 aromatic rings. The molecule has 7 heteroatoms. The maximum absolute atomic E-state index is 14.4. The predicted octanol–water partition coefficient (Wildman–Crippen LogP) is 2.53. The highest BCUT2D eigenvalue weighted by atomic mass is 19.1. The topological polar surface area (TPSA) is 73.5 Å². The number of carbonyl (C=O) groups excluding carboxylic acids is 2. The van der Waals surface area contributed by atoms with Crippen molar-refractivity contribution in [2.45, 2.75) is 38.1 Å². The molecule has 2 aliphatic heterocycles. The number of halogens is 1. The number of H-pyrrole nitrogens is 1. The number of aromatic amines is 1. The molecule has 5 rings (SSSR count). The Morgan fingerprint density at radius 2 is 1.97 bits per heavy atom. The van der Waals surface area contributed by atoms with E-state index in [-0.39, 0.29) is 34.4 Å². The number of hydrogen-bond acceptors (Lipinski definition) is 3. The Balaban J connectivity index is 1.34. The lowest BCUT2D eigenvalue weighted by Crippen LogP contribution is -2.48. The van der Waals surface area contributed by atoms with Gasteiger partial charge in [0.25, 0.3) is 5.91 Å². The smallest absolute Gasteiger partial charge is 0.254 e. The summed E-state index contributed by atoms with van der Waals surface area (Å²) in [6, 6.07) is 5.98. The van der Waals surface area contributed by atoms with Crippen molar-refractivity contribution in [2.75, 3.05) is 19.6 Å². The van der Waals surface area contributed by atoms with E-state index in [0.29, 0.717) is 30.4 Å². The first kappa shape index (κ1) is 18.3. The van der Waals surface area contributed by atoms with E-state index < -0.39 is 5.82 Å². The maximum Gasteiger partial charge on any atom is 0.254 e. The van der Waals surface area contributed by atoms with E-state index in [2.05, 4.69) is 4.98 Å². The second-order valence-corrected chi connectivity index (χ2v) is 8.66. The van der Waals surface area contributed by atoms with Gasteiger partial charge in [-0.15, -0.1) is 0 Å². The fraction of sp³-hybridized carbons (Fsp3) is 0.500. The summed E-state index contributed by atoms with van der Waals surface area (Å²) in [5.41, 5.74) is -0.0383. The molecule has 2 bridgehead atoms. The van der Waals surface area contributed by atoms with Gasteiger partial charge in [0.2, 0.25) is 11.5 Å². The minimum absolute atomic E-state index is 0.102. The van der Waals surface area contributed by atoms with Crippen LogP contribution < -0.4 is 5.56 Å². The molecule has 3 aliphatic rings. The molecule has 1 aliphatic carbocycles. The van der Waals surface area contributed by atoms with Gasteiger partial charge < -0.3 is 14.8 Å². The molecule has 6 nitrogen and oxygen atoms in total. The standard InChI is InChI=1S/C22H24FN3O3/c23-18-10-16(9-14-4-6-19(27)24-20(14)18)21(28)25-7-1-2-15(12-25)22(29)26-11-13-3-5-17(26)8-13/h4,6,9-10,13,15,17H,1-3,5,7-8,11-12H2,(H,24,27). The number of carbonyl (C=O) groups is 2. The number of benzene rings is 1. The van der Waals surface area contributed by atoms with E-state index in [0.717, 1.165) is 32.2 Å². The van der Waals surface area contributed by atoms with Crippen LogP contribution in [0.3, 0.4) is 0 Å². The van der Waals surface area contributed by atoms with E-state index >= 15 is 0 Å². The van der Waals surface area contributed by atoms with Gasteiger partial charge in [-0.2, -0.15) is 0 Å². The molecule has 0 radical (unpaired) electrons. The Hall–Kier alpha value is -2.70. The van der Waals surface area contributed by atoms with E-state index in [1.807, 2.05) is 4.90 Å². The number of hydrogen-bond donors (Lipinski definition) is 1. The third-order valence-corrected chi connectivity index (χ3v) is 6.78. The van der Waals surface area contributed by atoms with E-state index in [9.17, 15) is 18.8 Å². The van der Waals surface area contributed by atoms with Crippen molar-refractivity contribution < 1.29 is 14.0 Å². The highest BCUT2D eigenvalue weighted by Gasteiger charge is 2.43. The van der Waals surface area contributed by atoms with Crippen LogP contribution in [0, 0.1) is 17.7 Å². The molecule has 3 heterocycles. The third kappa shape index (κ3) is 3.22. The largest absolute Gasteiger partial charge is 0.339 e. The average Bonchev–Trinajstić information content (AvgIpc) is 3.37. The van der Waals surface area contributed by atoms with Crippen LogP contribution in [-0.2, 0) is 4.79 Å². The Kier molecular flexibility index (Phi) is 4.41. The zero-order chi connectivity index (χ0) is 20.1. The normalized spacial score (nSPS) is 26.3. The van der Waals surface area contributed by atoms with Crippen molar-refractivity contribution in [3.8, 4) is 0 Å². The molecule has 1 N–H and O–H groups in total. The first-order chi connectivity index (χ1) is 14.0. The van der Waals surface area contributed by atoms with Gasteiger partial charge in [0.05, 0.1) is 11.4 Å². The number of amides is 2. The molecular weight excluding hydrogens is 373 g/mol. The number of piperidine rings is 2. The summed E-state index contributed by atoms with van der Waals surface area (Å²) in [5.74, 6) is -0.235. The van der Waals surface area contributed by atoms with Crippen LogP contribution in [0.1, 0.15) is 42.5 Å². The zero-order valence-electron chi connectivity index (χ0n) is 16.2. The lowest BCUT2D eigenvalue weighted by molar-refractivity contribution is -0.138. The zero-order valence-corrected chi connectivity index (χ0v) is 16.2. The molecule has 3 atom stereocenters. The van der Waals surface area contributed by atoms with Gasteiger partial charge in [-0.3, -0.25) is 14.4 Å². The van der Waals surface area contributed by atoms with Crippen LogP contribution >= 0.6 is 0 Å². The van der Waals surface area contributed by atoms with Gasteiger partial charge in [-0.25, -0.2) is 4.39 Å². The first-order valence-electron chi connectivity index (χ1n) is 10.4. The minimum atomic E-state index is -0.624. The SMILES string of the molecule is O=C(c1cc(F)c2[nH]c(=O)ccc2c1)N1CCCC(C(=O)N2CC3CCC2C3)C1. The molecule has 3 fully saturated rings. The maximum atomic E-state index is 14.4. The van der Waals surface area contributed by atoms with Crippen molar-refractivity contribution in [3.63, 3.8) is 0 Å². The fourth-order valence-corrected chi connectivity index (χ4v) is 5.32. The van der Waals surface area contributed by atoms with Gasteiger partial charge >= 0.3 is 0 Å². The van der Waals surface area contributed by atoms with Crippen LogP contribution in [0.15, 0.2) is 29.1 Å². The van der Waals surface area contributed by atoms with E-state index in [1.165, 1.54) is 24.6 Å². The van der Waals surface area contributed by atoms with Crippen molar-refractivity contribution in [1.29, 1.82) is 0 Å². The fourth-order valence-electron chi connectivity index (χ4n) is 5.32. The van der Waals surface area contributed by atoms with Gasteiger partial charge in [0.15, 0.2) is 0 Å². The van der Waals surface area contributed by atoms with E-state index in [4.69, 9.17) is 0 Å². The third-order valence-electron chi connectivity index (χ3n) is 6.78. The van der Waals surface area contributed by atoms with Crippen molar-refractivity contribution in [3.05, 3.63) is 46.0 Å². The molecule has 2 saturated heterocycles.